The molecule has 73 heavy (non-hydrogen) atoms. The van der Waals surface area contributed by atoms with Crippen LogP contribution in [0.1, 0.15) is 18.1 Å². The lowest BCUT2D eigenvalue weighted by Crippen LogP contribution is -2.52. The average Bonchev–Trinajstić information content (AvgIpc) is 3.78. The Labute approximate surface area is 428 Å². The highest BCUT2D eigenvalue weighted by Crippen LogP contribution is 2.44. The van der Waals surface area contributed by atoms with Crippen LogP contribution in [0.3, 0.4) is 0 Å². The molecule has 0 fully saturated rings. The van der Waals surface area contributed by atoms with Crippen LogP contribution >= 0.6 is 0 Å². The normalized spacial score (nSPS) is 14.5. The van der Waals surface area contributed by atoms with Crippen molar-refractivity contribution in [3.8, 4) is 16.8 Å². The first kappa shape index (κ1) is 43.7. The third kappa shape index (κ3) is 7.74. The van der Waals surface area contributed by atoms with Crippen LogP contribution in [0.4, 0.5) is 45.5 Å². The van der Waals surface area contributed by atoms with Gasteiger partial charge in [0, 0.05) is 67.7 Å². The molecule has 0 unspecified atom stereocenters. The zero-order valence-corrected chi connectivity index (χ0v) is 40.8. The summed E-state index contributed by atoms with van der Waals surface area (Å²) in [6, 6.07) is 90.5. The molecule has 0 bridgehead atoms. The number of rotatable bonds is 9. The Morgan fingerprint density at radius 1 is 0.425 bits per heavy atom. The van der Waals surface area contributed by atoms with Gasteiger partial charge in [0.15, 0.2) is 0 Å². The minimum Gasteiger partial charge on any atom is -0.311 e. The van der Waals surface area contributed by atoms with Crippen molar-refractivity contribution in [2.24, 2.45) is 0 Å². The summed E-state index contributed by atoms with van der Waals surface area (Å²) in [6.07, 6.45) is 9.42. The molecule has 2 aliphatic heterocycles. The van der Waals surface area contributed by atoms with Crippen LogP contribution < -0.4 is 25.6 Å². The summed E-state index contributed by atoms with van der Waals surface area (Å²) >= 11 is 0. The predicted molar refractivity (Wildman–Crippen MR) is 311 cm³/mol. The number of aryl methyl sites for hydroxylation is 1. The van der Waals surface area contributed by atoms with Crippen molar-refractivity contribution in [2.45, 2.75) is 13.8 Å². The van der Waals surface area contributed by atoms with Gasteiger partial charge in [-0.15, -0.1) is 0 Å². The molecule has 0 aliphatic carbocycles. The van der Waals surface area contributed by atoms with Crippen LogP contribution in [0.2, 0.25) is 0 Å². The van der Waals surface area contributed by atoms with Crippen molar-refractivity contribution in [3.63, 3.8) is 0 Å². The van der Waals surface area contributed by atoms with E-state index in [1.807, 2.05) is 0 Å². The largest absolute Gasteiger partial charge is 0.311 e. The van der Waals surface area contributed by atoms with Crippen LogP contribution in [-0.2, 0) is 0 Å². The fraction of sp³-hybridized carbons (Fsp3) is 0.0294. The highest BCUT2D eigenvalue weighted by atomic mass is 15.2. The zero-order chi connectivity index (χ0) is 48.8. The SMILES string of the molecule is C/C=C1/C=C\C(N(c2ccc(-c3ccccc3)cc2)c2ccc3c(c2)c2ccccc2n3-c2ccccc2)=C/c2cccc3c2B1c1ccc(N(c2ccccc2)c2ccccc2)cc1N3c1ccc(C)cc1. The third-order valence-corrected chi connectivity index (χ3v) is 14.6. The Hall–Kier alpha value is -9.32. The van der Waals surface area contributed by atoms with Crippen LogP contribution in [0.25, 0.3) is 44.7 Å². The molecule has 2 aliphatic rings. The van der Waals surface area contributed by atoms with Gasteiger partial charge in [-0.2, -0.15) is 0 Å². The van der Waals surface area contributed by atoms with E-state index >= 15 is 0 Å². The number of anilines is 8. The molecule has 3 heterocycles. The smallest absolute Gasteiger partial charge is 0.247 e. The second-order valence-corrected chi connectivity index (χ2v) is 19.0. The molecule has 1 aromatic heterocycles. The number of aromatic nitrogens is 1. The van der Waals surface area contributed by atoms with Crippen molar-refractivity contribution in [1.82, 2.24) is 4.57 Å². The van der Waals surface area contributed by atoms with Crippen LogP contribution in [0, 0.1) is 6.92 Å². The summed E-state index contributed by atoms with van der Waals surface area (Å²) in [5.41, 5.74) is 22.0. The summed E-state index contributed by atoms with van der Waals surface area (Å²) in [5, 5.41) is 2.42. The van der Waals surface area contributed by atoms with Crippen LogP contribution in [0.5, 0.6) is 0 Å². The van der Waals surface area contributed by atoms with Gasteiger partial charge in [0.1, 0.15) is 0 Å². The summed E-state index contributed by atoms with van der Waals surface area (Å²) in [7, 11) is 0. The molecule has 0 N–H and O–H groups in total. The summed E-state index contributed by atoms with van der Waals surface area (Å²) in [5.74, 6) is 0. The Bertz CT molecular complexity index is 3880. The zero-order valence-electron chi connectivity index (χ0n) is 40.8. The minimum absolute atomic E-state index is 0.0306. The van der Waals surface area contributed by atoms with Crippen molar-refractivity contribution in [1.29, 1.82) is 0 Å². The van der Waals surface area contributed by atoms with Gasteiger partial charge in [0.25, 0.3) is 0 Å². The Balaban J connectivity index is 1.02. The molecular formula is C68H51BN4. The maximum Gasteiger partial charge on any atom is 0.247 e. The van der Waals surface area contributed by atoms with Gasteiger partial charge in [-0.25, -0.2) is 0 Å². The first-order chi connectivity index (χ1) is 36.1. The molecule has 0 atom stereocenters. The monoisotopic (exact) mass is 934 g/mol. The van der Waals surface area contributed by atoms with Gasteiger partial charge in [0.05, 0.1) is 11.0 Å². The van der Waals surface area contributed by atoms with Crippen molar-refractivity contribution >= 4 is 91.0 Å². The van der Waals surface area contributed by atoms with E-state index in [1.54, 1.807) is 0 Å². The topological polar surface area (TPSA) is 14.7 Å². The third-order valence-electron chi connectivity index (χ3n) is 14.6. The number of benzene rings is 10. The molecule has 346 valence electrons. The van der Waals surface area contributed by atoms with Gasteiger partial charge < -0.3 is 19.3 Å². The second-order valence-electron chi connectivity index (χ2n) is 19.0. The van der Waals surface area contributed by atoms with Crippen molar-refractivity contribution in [2.75, 3.05) is 14.7 Å². The lowest BCUT2D eigenvalue weighted by atomic mass is 9.33. The molecule has 0 amide bonds. The molecular weight excluding hydrogens is 884 g/mol. The Morgan fingerprint density at radius 2 is 1.01 bits per heavy atom. The second kappa shape index (κ2) is 18.5. The maximum atomic E-state index is 2.49. The lowest BCUT2D eigenvalue weighted by molar-refractivity contribution is 1.18. The van der Waals surface area contributed by atoms with E-state index in [9.17, 15) is 0 Å². The Morgan fingerprint density at radius 3 is 1.73 bits per heavy atom. The molecule has 10 aromatic carbocycles. The number of nitrogens with zero attached hydrogens (tertiary/aromatic N) is 4. The summed E-state index contributed by atoms with van der Waals surface area (Å²) in [6.45, 7) is 4.32. The highest BCUT2D eigenvalue weighted by molar-refractivity contribution is 6.94. The van der Waals surface area contributed by atoms with Gasteiger partial charge in [-0.05, 0) is 157 Å². The fourth-order valence-electron chi connectivity index (χ4n) is 11.2. The van der Waals surface area contributed by atoms with E-state index in [4.69, 9.17) is 0 Å². The summed E-state index contributed by atoms with van der Waals surface area (Å²) in [4.78, 5) is 7.29. The van der Waals surface area contributed by atoms with E-state index in [-0.39, 0.29) is 6.71 Å². The maximum absolute atomic E-state index is 2.49. The first-order valence-corrected chi connectivity index (χ1v) is 25.2. The van der Waals surface area contributed by atoms with Gasteiger partial charge in [-0.3, -0.25) is 0 Å². The van der Waals surface area contributed by atoms with Crippen molar-refractivity contribution in [3.05, 3.63) is 289 Å². The number of fused-ring (bicyclic) bond motifs is 5. The molecule has 13 rings (SSSR count). The van der Waals surface area contributed by atoms with Crippen LogP contribution in [0.15, 0.2) is 278 Å². The molecule has 0 saturated heterocycles. The first-order valence-electron chi connectivity index (χ1n) is 25.2. The van der Waals surface area contributed by atoms with Gasteiger partial charge in [-0.1, -0.05) is 169 Å². The molecule has 11 aromatic rings. The van der Waals surface area contributed by atoms with E-state index in [2.05, 4.69) is 306 Å². The molecule has 5 heteroatoms. The molecule has 0 saturated carbocycles. The van der Waals surface area contributed by atoms with E-state index in [0.29, 0.717) is 0 Å². The number of allylic oxidation sites excluding steroid dienone is 4. The Kier molecular flexibility index (Phi) is 11.0. The molecule has 0 radical (unpaired) electrons. The number of para-hydroxylation sites is 4. The highest BCUT2D eigenvalue weighted by Gasteiger charge is 2.38. The standard InChI is InChI=1S/C68H51BN4/c1-3-52-35-40-58(71(56-38-33-50(34-39-56)49-19-8-4-9-20-49)59-42-44-65-62(46-59)61-28-16-17-29-64(61)72(65)55-26-14-7-15-27-55)45-51-21-18-30-66-68(51)69(52)63-43-41-60(47-67(63)73(66)57-36-31-48(2)32-37-57)70(53-22-10-5-11-23-53)54-24-12-6-13-25-54/h3-47H,1-2H3/b40-35-,52-3-,58-45+. The predicted octanol–water partition coefficient (Wildman–Crippen LogP) is 16.9. The van der Waals surface area contributed by atoms with E-state index in [1.165, 1.54) is 66.1 Å². The van der Waals surface area contributed by atoms with E-state index < -0.39 is 0 Å². The lowest BCUT2D eigenvalue weighted by Gasteiger charge is -2.40. The van der Waals surface area contributed by atoms with Crippen LogP contribution in [-0.4, -0.2) is 11.3 Å². The molecule has 0 spiro atoms. The minimum atomic E-state index is -0.0306. The van der Waals surface area contributed by atoms with Gasteiger partial charge >= 0.3 is 0 Å². The molecule has 4 nitrogen and oxygen atoms in total. The average molecular weight is 935 g/mol. The van der Waals surface area contributed by atoms with E-state index in [0.717, 1.165) is 51.2 Å². The fourth-order valence-corrected chi connectivity index (χ4v) is 11.2. The number of hydrogen-bond donors (Lipinski definition) is 0. The van der Waals surface area contributed by atoms with Gasteiger partial charge in [0.2, 0.25) is 6.71 Å². The number of hydrogen-bond acceptors (Lipinski definition) is 3. The quantitative estimate of drug-likeness (QED) is 0.134. The summed E-state index contributed by atoms with van der Waals surface area (Å²) < 4.78 is 2.39. The van der Waals surface area contributed by atoms with Crippen molar-refractivity contribution < 1.29 is 0 Å².